The molecule has 26 heavy (non-hydrogen) atoms. The van der Waals surface area contributed by atoms with Gasteiger partial charge in [-0.1, -0.05) is 6.07 Å². The summed E-state index contributed by atoms with van der Waals surface area (Å²) in [4.78, 5) is 4.12. The molecule has 1 aromatic carbocycles. The zero-order valence-electron chi connectivity index (χ0n) is 15.1. The SMILES string of the molecule is COc1cccc(C=Nn2cc(C)nc2N)c1OCCC1OCCCO1. The zero-order valence-corrected chi connectivity index (χ0v) is 15.1. The molecule has 1 aliphatic heterocycles. The van der Waals surface area contributed by atoms with Crippen LogP contribution < -0.4 is 15.2 Å². The van der Waals surface area contributed by atoms with Crippen molar-refractivity contribution in [3.63, 3.8) is 0 Å². The topological polar surface area (TPSA) is 93.1 Å². The smallest absolute Gasteiger partial charge is 0.221 e. The number of nitrogens with zero attached hydrogens (tertiary/aromatic N) is 3. The number of anilines is 1. The van der Waals surface area contributed by atoms with Gasteiger partial charge in [0.2, 0.25) is 5.95 Å². The molecule has 0 atom stereocenters. The van der Waals surface area contributed by atoms with Gasteiger partial charge >= 0.3 is 0 Å². The minimum atomic E-state index is -0.218. The number of nitrogen functional groups attached to an aromatic ring is 1. The molecular weight excluding hydrogens is 336 g/mol. The maximum atomic E-state index is 5.95. The van der Waals surface area contributed by atoms with Crippen LogP contribution in [0.4, 0.5) is 5.95 Å². The van der Waals surface area contributed by atoms with Crippen LogP contribution in [0.25, 0.3) is 0 Å². The van der Waals surface area contributed by atoms with Gasteiger partial charge in [-0.05, 0) is 25.5 Å². The fourth-order valence-corrected chi connectivity index (χ4v) is 2.63. The summed E-state index contributed by atoms with van der Waals surface area (Å²) in [6.45, 7) is 3.75. The molecule has 2 heterocycles. The summed E-state index contributed by atoms with van der Waals surface area (Å²) >= 11 is 0. The molecule has 0 amide bonds. The number of aromatic nitrogens is 2. The molecule has 8 heteroatoms. The van der Waals surface area contributed by atoms with Crippen molar-refractivity contribution in [2.45, 2.75) is 26.1 Å². The van der Waals surface area contributed by atoms with Crippen LogP contribution >= 0.6 is 0 Å². The molecule has 0 saturated carbocycles. The van der Waals surface area contributed by atoms with Crippen molar-refractivity contribution in [1.29, 1.82) is 0 Å². The summed E-state index contributed by atoms with van der Waals surface area (Å²) in [7, 11) is 1.60. The van der Waals surface area contributed by atoms with Crippen LogP contribution in [0.5, 0.6) is 11.5 Å². The van der Waals surface area contributed by atoms with Crippen molar-refractivity contribution in [3.05, 3.63) is 35.7 Å². The van der Waals surface area contributed by atoms with Gasteiger partial charge in [0, 0.05) is 12.0 Å². The molecule has 2 aromatic rings. The van der Waals surface area contributed by atoms with Crippen molar-refractivity contribution in [3.8, 4) is 11.5 Å². The second-order valence-corrected chi connectivity index (χ2v) is 5.87. The standard InChI is InChI=1S/C18H24N4O4/c1-13-12-22(18(19)21-13)20-11-14-5-3-6-15(23-2)17(14)26-10-7-16-24-8-4-9-25-16/h3,5-6,11-12,16H,4,7-10H2,1-2H3,(H2,19,21). The maximum Gasteiger partial charge on any atom is 0.221 e. The maximum absolute atomic E-state index is 5.95. The molecule has 1 aliphatic rings. The van der Waals surface area contributed by atoms with E-state index in [-0.39, 0.29) is 6.29 Å². The first-order valence-electron chi connectivity index (χ1n) is 8.56. The quantitative estimate of drug-likeness (QED) is 0.761. The van der Waals surface area contributed by atoms with Gasteiger partial charge in [0.15, 0.2) is 17.8 Å². The van der Waals surface area contributed by atoms with Crippen LogP contribution in [-0.4, -0.2) is 49.1 Å². The predicted molar refractivity (Wildman–Crippen MR) is 97.8 cm³/mol. The van der Waals surface area contributed by atoms with Crippen molar-refractivity contribution >= 4 is 12.2 Å². The van der Waals surface area contributed by atoms with Gasteiger partial charge in [0.1, 0.15) is 0 Å². The number of nitrogens with two attached hydrogens (primary N) is 1. The van der Waals surface area contributed by atoms with Crippen molar-refractivity contribution in [2.75, 3.05) is 32.7 Å². The van der Waals surface area contributed by atoms with E-state index >= 15 is 0 Å². The third-order valence-corrected chi connectivity index (χ3v) is 3.88. The summed E-state index contributed by atoms with van der Waals surface area (Å²) in [5, 5.41) is 4.35. The summed E-state index contributed by atoms with van der Waals surface area (Å²) < 4.78 is 24.0. The Balaban J connectivity index is 1.71. The number of hydrogen-bond acceptors (Lipinski definition) is 7. The number of ether oxygens (including phenoxy) is 4. The van der Waals surface area contributed by atoms with Crippen LogP contribution in [0.1, 0.15) is 24.1 Å². The van der Waals surface area contributed by atoms with E-state index in [0.717, 1.165) is 30.9 Å². The Morgan fingerprint density at radius 1 is 1.38 bits per heavy atom. The average molecular weight is 360 g/mol. The van der Waals surface area contributed by atoms with Crippen LogP contribution in [0, 0.1) is 6.92 Å². The van der Waals surface area contributed by atoms with Crippen LogP contribution in [-0.2, 0) is 9.47 Å². The van der Waals surface area contributed by atoms with Crippen LogP contribution in [0.15, 0.2) is 29.5 Å². The van der Waals surface area contributed by atoms with E-state index < -0.39 is 0 Å². The summed E-state index contributed by atoms with van der Waals surface area (Å²) in [6.07, 6.45) is 4.78. The number of aryl methyl sites for hydroxylation is 1. The molecule has 2 N–H and O–H groups in total. The Labute approximate surface area is 152 Å². The second-order valence-electron chi connectivity index (χ2n) is 5.87. The van der Waals surface area contributed by atoms with Crippen molar-refractivity contribution in [1.82, 2.24) is 9.66 Å². The number of hydrogen-bond donors (Lipinski definition) is 1. The monoisotopic (exact) mass is 360 g/mol. The molecule has 8 nitrogen and oxygen atoms in total. The Hall–Kier alpha value is -2.58. The van der Waals surface area contributed by atoms with E-state index in [2.05, 4.69) is 10.1 Å². The number of methoxy groups -OCH3 is 1. The number of para-hydroxylation sites is 1. The van der Waals surface area contributed by atoms with E-state index in [4.69, 9.17) is 24.7 Å². The number of rotatable bonds is 7. The third kappa shape index (κ3) is 4.53. The summed E-state index contributed by atoms with van der Waals surface area (Å²) in [5.74, 6) is 1.58. The normalized spacial score (nSPS) is 15.5. The first kappa shape index (κ1) is 18.2. The largest absolute Gasteiger partial charge is 0.493 e. The van der Waals surface area contributed by atoms with E-state index in [1.54, 1.807) is 19.5 Å². The van der Waals surface area contributed by atoms with Gasteiger partial charge in [0.05, 0.1) is 45.0 Å². The zero-order chi connectivity index (χ0) is 18.4. The van der Waals surface area contributed by atoms with Crippen LogP contribution in [0.3, 0.4) is 0 Å². The molecule has 140 valence electrons. The molecule has 3 rings (SSSR count). The molecule has 0 spiro atoms. The summed E-state index contributed by atoms with van der Waals surface area (Å²) in [6, 6.07) is 5.62. The van der Waals surface area contributed by atoms with E-state index in [1.807, 2.05) is 25.1 Å². The summed E-state index contributed by atoms with van der Waals surface area (Å²) in [5.41, 5.74) is 7.40. The highest BCUT2D eigenvalue weighted by atomic mass is 16.7. The van der Waals surface area contributed by atoms with Gasteiger partial charge in [-0.25, -0.2) is 9.66 Å². The van der Waals surface area contributed by atoms with Gasteiger partial charge in [0.25, 0.3) is 0 Å². The molecular formula is C18H24N4O4. The van der Waals surface area contributed by atoms with Gasteiger partial charge in [-0.3, -0.25) is 0 Å². The first-order valence-corrected chi connectivity index (χ1v) is 8.56. The molecule has 1 aromatic heterocycles. The lowest BCUT2D eigenvalue weighted by Gasteiger charge is -2.23. The van der Waals surface area contributed by atoms with Crippen LogP contribution in [0.2, 0.25) is 0 Å². The lowest BCUT2D eigenvalue weighted by atomic mass is 10.2. The Morgan fingerprint density at radius 2 is 2.19 bits per heavy atom. The molecule has 1 fully saturated rings. The first-order chi connectivity index (χ1) is 12.7. The highest BCUT2D eigenvalue weighted by Gasteiger charge is 2.15. The van der Waals surface area contributed by atoms with E-state index in [9.17, 15) is 0 Å². The lowest BCUT2D eigenvalue weighted by molar-refractivity contribution is -0.183. The lowest BCUT2D eigenvalue weighted by Crippen LogP contribution is -2.26. The fourth-order valence-electron chi connectivity index (χ4n) is 2.63. The Kier molecular flexibility index (Phi) is 6.08. The molecule has 0 aliphatic carbocycles. The molecule has 0 unspecified atom stereocenters. The predicted octanol–water partition coefficient (Wildman–Crippen LogP) is 2.20. The third-order valence-electron chi connectivity index (χ3n) is 3.88. The van der Waals surface area contributed by atoms with Gasteiger partial charge in [-0.15, -0.1) is 0 Å². The molecule has 0 radical (unpaired) electrons. The number of benzene rings is 1. The second kappa shape index (κ2) is 8.68. The van der Waals surface area contributed by atoms with E-state index in [0.29, 0.717) is 30.5 Å². The Bertz CT molecular complexity index is 754. The van der Waals surface area contributed by atoms with Gasteiger partial charge < -0.3 is 24.7 Å². The van der Waals surface area contributed by atoms with Gasteiger partial charge in [-0.2, -0.15) is 5.10 Å². The van der Waals surface area contributed by atoms with E-state index in [1.165, 1.54) is 4.68 Å². The minimum absolute atomic E-state index is 0.218. The number of imidazole rings is 1. The fraction of sp³-hybridized carbons (Fsp3) is 0.444. The Morgan fingerprint density at radius 3 is 2.88 bits per heavy atom. The van der Waals surface area contributed by atoms with Crippen molar-refractivity contribution in [2.24, 2.45) is 5.10 Å². The van der Waals surface area contributed by atoms with Crippen molar-refractivity contribution < 1.29 is 18.9 Å². The highest BCUT2D eigenvalue weighted by molar-refractivity contribution is 5.85. The molecule has 0 bridgehead atoms. The molecule has 1 saturated heterocycles. The highest BCUT2D eigenvalue weighted by Crippen LogP contribution is 2.30. The average Bonchev–Trinajstić information content (AvgIpc) is 2.98. The minimum Gasteiger partial charge on any atom is -0.493 e.